The predicted octanol–water partition coefficient (Wildman–Crippen LogP) is 4.59. The number of hydrogen-bond acceptors (Lipinski definition) is 2. The average Bonchev–Trinajstić information content (AvgIpc) is 3.32. The largest absolute Gasteiger partial charge is 0.473 e. The summed E-state index contributed by atoms with van der Waals surface area (Å²) in [6, 6.07) is 14.5. The van der Waals surface area contributed by atoms with Gasteiger partial charge in [0.05, 0.1) is 0 Å². The van der Waals surface area contributed by atoms with Crippen LogP contribution in [0.25, 0.3) is 0 Å². The fourth-order valence-corrected chi connectivity index (χ4v) is 3.68. The number of aromatic nitrogens is 1. The first-order chi connectivity index (χ1) is 9.86. The number of alkyl halides is 1. The average molecular weight is 379 g/mol. The number of ether oxygens (including phenoxy) is 1. The van der Waals surface area contributed by atoms with Crippen molar-refractivity contribution in [3.63, 3.8) is 0 Å². The van der Waals surface area contributed by atoms with E-state index in [4.69, 9.17) is 4.74 Å². The maximum Gasteiger partial charge on any atom is 0.213 e. The van der Waals surface area contributed by atoms with E-state index < -0.39 is 0 Å². The molecule has 1 aliphatic carbocycles. The van der Waals surface area contributed by atoms with Crippen molar-refractivity contribution in [2.45, 2.75) is 25.4 Å². The van der Waals surface area contributed by atoms with Crippen LogP contribution in [0.15, 0.2) is 48.7 Å². The quantitative estimate of drug-likeness (QED) is 0.541. The molecule has 2 nitrogen and oxygen atoms in total. The van der Waals surface area contributed by atoms with E-state index in [1.54, 1.807) is 0 Å². The second kappa shape index (κ2) is 6.57. The van der Waals surface area contributed by atoms with Crippen LogP contribution in [-0.4, -0.2) is 9.41 Å². The van der Waals surface area contributed by atoms with Gasteiger partial charge in [-0.25, -0.2) is 4.98 Å². The van der Waals surface area contributed by atoms with Gasteiger partial charge in [-0.05, 0) is 41.9 Å². The number of benzene rings is 1. The van der Waals surface area contributed by atoms with E-state index in [1.165, 1.54) is 28.4 Å². The summed E-state index contributed by atoms with van der Waals surface area (Å²) in [6.45, 7) is 0.579. The Labute approximate surface area is 133 Å². The Morgan fingerprint density at radius 3 is 2.70 bits per heavy atom. The highest BCUT2D eigenvalue weighted by molar-refractivity contribution is 14.1. The van der Waals surface area contributed by atoms with Gasteiger partial charge in [0.2, 0.25) is 5.88 Å². The van der Waals surface area contributed by atoms with E-state index >= 15 is 0 Å². The Morgan fingerprint density at radius 1 is 1.20 bits per heavy atom. The summed E-state index contributed by atoms with van der Waals surface area (Å²) >= 11 is 2.49. The van der Waals surface area contributed by atoms with Crippen LogP contribution < -0.4 is 4.74 Å². The third-order valence-electron chi connectivity index (χ3n) is 3.77. The van der Waals surface area contributed by atoms with Crippen LogP contribution in [0, 0.1) is 5.92 Å². The maximum absolute atomic E-state index is 5.81. The highest BCUT2D eigenvalue weighted by Gasteiger charge is 2.31. The van der Waals surface area contributed by atoms with Gasteiger partial charge in [-0.2, -0.15) is 0 Å². The topological polar surface area (TPSA) is 22.1 Å². The van der Waals surface area contributed by atoms with Gasteiger partial charge in [-0.15, -0.1) is 0 Å². The van der Waals surface area contributed by atoms with Gasteiger partial charge in [0.1, 0.15) is 6.61 Å². The number of nitrogens with zero attached hydrogens (tertiary/aromatic N) is 1. The monoisotopic (exact) mass is 379 g/mol. The molecule has 0 bridgehead atoms. The molecule has 20 heavy (non-hydrogen) atoms. The summed E-state index contributed by atoms with van der Waals surface area (Å²) in [5.74, 6) is 2.27. The van der Waals surface area contributed by atoms with Gasteiger partial charge < -0.3 is 4.74 Å². The van der Waals surface area contributed by atoms with Crippen LogP contribution in [0.1, 0.15) is 29.9 Å². The zero-order valence-electron chi connectivity index (χ0n) is 11.3. The molecule has 1 heterocycles. The molecule has 1 aromatic carbocycles. The summed E-state index contributed by atoms with van der Waals surface area (Å²) in [6.07, 6.45) is 4.61. The van der Waals surface area contributed by atoms with E-state index in [1.807, 2.05) is 24.4 Å². The lowest BCUT2D eigenvalue weighted by molar-refractivity contribution is 0.293. The molecule has 0 amide bonds. The number of pyridine rings is 1. The van der Waals surface area contributed by atoms with Crippen LogP contribution >= 0.6 is 22.6 Å². The molecular formula is C17H18INO. The van der Waals surface area contributed by atoms with E-state index in [-0.39, 0.29) is 0 Å². The first kappa shape index (κ1) is 13.9. The Kier molecular flexibility index (Phi) is 4.55. The molecule has 0 radical (unpaired) electrons. The molecular weight excluding hydrogens is 361 g/mol. The lowest BCUT2D eigenvalue weighted by atomic mass is 9.97. The third-order valence-corrected chi connectivity index (χ3v) is 4.72. The Bertz CT molecular complexity index is 554. The number of rotatable bonds is 6. The molecule has 0 aliphatic heterocycles. The molecule has 0 spiro atoms. The van der Waals surface area contributed by atoms with Crippen LogP contribution in [0.2, 0.25) is 0 Å². The molecule has 3 heteroatoms. The highest BCUT2D eigenvalue weighted by atomic mass is 127. The summed E-state index contributed by atoms with van der Waals surface area (Å²) in [7, 11) is 0. The van der Waals surface area contributed by atoms with Crippen LogP contribution in [0.5, 0.6) is 5.88 Å². The van der Waals surface area contributed by atoms with Crippen molar-refractivity contribution < 1.29 is 4.74 Å². The Balaban J connectivity index is 1.68. The van der Waals surface area contributed by atoms with Gasteiger partial charge in [0.15, 0.2) is 0 Å². The summed E-state index contributed by atoms with van der Waals surface area (Å²) in [5.41, 5.74) is 2.55. The predicted molar refractivity (Wildman–Crippen MR) is 89.4 cm³/mol. The molecule has 2 aromatic rings. The minimum atomic E-state index is 0.579. The first-order valence-corrected chi connectivity index (χ1v) is 8.58. The zero-order chi connectivity index (χ0) is 13.8. The second-order valence-electron chi connectivity index (χ2n) is 5.30. The van der Waals surface area contributed by atoms with Gasteiger partial charge >= 0.3 is 0 Å². The molecule has 104 valence electrons. The van der Waals surface area contributed by atoms with E-state index in [2.05, 4.69) is 51.8 Å². The first-order valence-electron chi connectivity index (χ1n) is 7.05. The molecule has 1 atom stereocenters. The summed E-state index contributed by atoms with van der Waals surface area (Å²) < 4.78 is 6.99. The van der Waals surface area contributed by atoms with Gasteiger partial charge in [-0.3, -0.25) is 0 Å². The molecule has 0 N–H and O–H groups in total. The lowest BCUT2D eigenvalue weighted by Gasteiger charge is -2.14. The van der Waals surface area contributed by atoms with Gasteiger partial charge in [-0.1, -0.05) is 52.9 Å². The van der Waals surface area contributed by atoms with Gasteiger partial charge in [0, 0.05) is 16.7 Å². The second-order valence-corrected chi connectivity index (χ2v) is 6.18. The van der Waals surface area contributed by atoms with Crippen molar-refractivity contribution in [2.75, 3.05) is 4.43 Å². The fraction of sp³-hybridized carbons (Fsp3) is 0.353. The van der Waals surface area contributed by atoms with E-state index in [9.17, 15) is 0 Å². The standard InChI is InChI=1S/C17H18INO/c18-11-16(14-6-7-14)15-8-9-19-17(10-15)20-12-13-4-2-1-3-5-13/h1-5,8-10,14,16H,6-7,11-12H2. The molecule has 1 aliphatic rings. The van der Waals surface area contributed by atoms with Crippen molar-refractivity contribution in [1.82, 2.24) is 4.98 Å². The number of hydrogen-bond donors (Lipinski definition) is 0. The fourth-order valence-electron chi connectivity index (χ4n) is 2.45. The van der Waals surface area contributed by atoms with Crippen molar-refractivity contribution in [3.05, 3.63) is 59.8 Å². The van der Waals surface area contributed by atoms with Crippen molar-refractivity contribution >= 4 is 22.6 Å². The molecule has 3 rings (SSSR count). The lowest BCUT2D eigenvalue weighted by Crippen LogP contribution is -2.04. The Hall–Kier alpha value is -1.10. The molecule has 0 saturated heterocycles. The van der Waals surface area contributed by atoms with Crippen molar-refractivity contribution in [3.8, 4) is 5.88 Å². The summed E-state index contributed by atoms with van der Waals surface area (Å²) in [4.78, 5) is 4.33. The smallest absolute Gasteiger partial charge is 0.213 e. The highest BCUT2D eigenvalue weighted by Crippen LogP contribution is 2.43. The van der Waals surface area contributed by atoms with Crippen LogP contribution in [0.4, 0.5) is 0 Å². The van der Waals surface area contributed by atoms with Crippen molar-refractivity contribution in [2.24, 2.45) is 5.92 Å². The third kappa shape index (κ3) is 3.51. The van der Waals surface area contributed by atoms with Gasteiger partial charge in [0.25, 0.3) is 0 Å². The molecule has 1 unspecified atom stereocenters. The van der Waals surface area contributed by atoms with Crippen molar-refractivity contribution in [1.29, 1.82) is 0 Å². The van der Waals surface area contributed by atoms with Crippen LogP contribution in [0.3, 0.4) is 0 Å². The normalized spacial score (nSPS) is 15.8. The maximum atomic E-state index is 5.81. The molecule has 1 fully saturated rings. The minimum Gasteiger partial charge on any atom is -0.473 e. The van der Waals surface area contributed by atoms with Crippen LogP contribution in [-0.2, 0) is 6.61 Å². The minimum absolute atomic E-state index is 0.579. The SMILES string of the molecule is ICC(c1ccnc(OCc2ccccc2)c1)C1CC1. The summed E-state index contributed by atoms with van der Waals surface area (Å²) in [5, 5.41) is 0. The van der Waals surface area contributed by atoms with E-state index in [0.29, 0.717) is 12.5 Å². The molecule has 1 aromatic heterocycles. The Morgan fingerprint density at radius 2 is 2.00 bits per heavy atom. The number of halogens is 1. The molecule has 1 saturated carbocycles. The zero-order valence-corrected chi connectivity index (χ0v) is 13.5. The van der Waals surface area contributed by atoms with E-state index in [0.717, 1.165) is 11.8 Å².